The third-order valence-electron chi connectivity index (χ3n) is 2.48. The van der Waals surface area contributed by atoms with E-state index in [1.54, 1.807) is 6.92 Å². The van der Waals surface area contributed by atoms with Crippen LogP contribution >= 0.6 is 0 Å². The van der Waals surface area contributed by atoms with Crippen LogP contribution in [0, 0.1) is 0 Å². The van der Waals surface area contributed by atoms with Crippen molar-refractivity contribution in [3.8, 4) is 0 Å². The number of Topliss-reactive ketones (excluding diaryl/α,β-unsaturated/α-hetero) is 1. The fraction of sp³-hybridized carbons (Fsp3) is 0.900. The van der Waals surface area contributed by atoms with Gasteiger partial charge < -0.3 is 4.90 Å². The zero-order valence-electron chi connectivity index (χ0n) is 8.01. The van der Waals surface area contributed by atoms with Crippen molar-refractivity contribution < 1.29 is 4.79 Å². The topological polar surface area (TPSA) is 20.3 Å². The molecule has 1 aliphatic heterocycles. The predicted octanol–water partition coefficient (Wildman–Crippen LogP) is 1.84. The highest BCUT2D eigenvalue weighted by Crippen LogP contribution is 2.09. The maximum Gasteiger partial charge on any atom is 0.131 e. The van der Waals surface area contributed by atoms with Gasteiger partial charge in [-0.05, 0) is 32.9 Å². The van der Waals surface area contributed by atoms with Crippen LogP contribution in [0.15, 0.2) is 0 Å². The normalized spacial score (nSPS) is 20.4. The lowest BCUT2D eigenvalue weighted by atomic mass is 10.2. The first kappa shape index (κ1) is 9.72. The number of nitrogens with zero attached hydrogens (tertiary/aromatic N) is 1. The third kappa shape index (κ3) is 3.86. The zero-order valence-corrected chi connectivity index (χ0v) is 8.01. The molecule has 0 unspecified atom stereocenters. The minimum atomic E-state index is 0.319. The molecule has 1 rings (SSSR count). The summed E-state index contributed by atoms with van der Waals surface area (Å²) < 4.78 is 0. The Morgan fingerprint density at radius 3 is 2.25 bits per heavy atom. The Morgan fingerprint density at radius 2 is 1.75 bits per heavy atom. The smallest absolute Gasteiger partial charge is 0.131 e. The summed E-state index contributed by atoms with van der Waals surface area (Å²) in [6.07, 6.45) is 6.11. The summed E-state index contributed by atoms with van der Waals surface area (Å²) in [5.74, 6) is 0.319. The van der Waals surface area contributed by atoms with Gasteiger partial charge >= 0.3 is 0 Å². The molecular formula is C10H19NO. The fourth-order valence-corrected chi connectivity index (χ4v) is 1.68. The van der Waals surface area contributed by atoms with E-state index in [0.29, 0.717) is 5.78 Å². The molecule has 0 aromatic rings. The number of hydrogen-bond donors (Lipinski definition) is 0. The van der Waals surface area contributed by atoms with Gasteiger partial charge in [-0.1, -0.05) is 12.8 Å². The Morgan fingerprint density at radius 1 is 1.17 bits per heavy atom. The maximum atomic E-state index is 10.7. The molecule has 0 bridgehead atoms. The first-order valence-electron chi connectivity index (χ1n) is 5.01. The second-order valence-corrected chi connectivity index (χ2v) is 3.71. The number of carbonyl (C=O) groups is 1. The summed E-state index contributed by atoms with van der Waals surface area (Å²) in [6.45, 7) is 5.06. The van der Waals surface area contributed by atoms with E-state index in [0.717, 1.165) is 13.0 Å². The van der Waals surface area contributed by atoms with E-state index in [1.165, 1.54) is 38.8 Å². The number of hydrogen-bond acceptors (Lipinski definition) is 2. The number of rotatable bonds is 3. The van der Waals surface area contributed by atoms with Crippen molar-refractivity contribution in [1.29, 1.82) is 0 Å². The Bertz CT molecular complexity index is 137. The first-order valence-corrected chi connectivity index (χ1v) is 5.01. The summed E-state index contributed by atoms with van der Waals surface area (Å²) in [5, 5.41) is 0. The molecule has 1 saturated heterocycles. The molecule has 0 aromatic heterocycles. The minimum absolute atomic E-state index is 0.319. The molecule has 0 N–H and O–H groups in total. The molecule has 0 amide bonds. The lowest BCUT2D eigenvalue weighted by Crippen LogP contribution is -2.26. The first-order chi connectivity index (χ1) is 5.79. The van der Waals surface area contributed by atoms with Crippen molar-refractivity contribution in [2.45, 2.75) is 39.0 Å². The van der Waals surface area contributed by atoms with Crippen LogP contribution in [0.4, 0.5) is 0 Å². The molecule has 2 heteroatoms. The lowest BCUT2D eigenvalue weighted by Gasteiger charge is -2.18. The van der Waals surface area contributed by atoms with Crippen molar-refractivity contribution in [3.63, 3.8) is 0 Å². The van der Waals surface area contributed by atoms with Gasteiger partial charge in [-0.3, -0.25) is 4.79 Å². The van der Waals surface area contributed by atoms with Crippen molar-refractivity contribution >= 4 is 5.78 Å². The molecule has 2 nitrogen and oxygen atoms in total. The van der Waals surface area contributed by atoms with Gasteiger partial charge in [0.05, 0.1) is 0 Å². The van der Waals surface area contributed by atoms with Crippen LogP contribution in [-0.4, -0.2) is 30.3 Å². The van der Waals surface area contributed by atoms with Gasteiger partial charge in [0.2, 0.25) is 0 Å². The summed E-state index contributed by atoms with van der Waals surface area (Å²) in [4.78, 5) is 13.2. The minimum Gasteiger partial charge on any atom is -0.303 e. The van der Waals surface area contributed by atoms with Crippen LogP contribution in [0.5, 0.6) is 0 Å². The Labute approximate surface area is 74.9 Å². The highest BCUT2D eigenvalue weighted by molar-refractivity contribution is 5.75. The predicted molar refractivity (Wildman–Crippen MR) is 50.2 cm³/mol. The van der Waals surface area contributed by atoms with Crippen molar-refractivity contribution in [2.75, 3.05) is 19.6 Å². The fourth-order valence-electron chi connectivity index (χ4n) is 1.68. The quantitative estimate of drug-likeness (QED) is 0.642. The van der Waals surface area contributed by atoms with E-state index in [9.17, 15) is 4.79 Å². The van der Waals surface area contributed by atoms with Crippen LogP contribution < -0.4 is 0 Å². The second-order valence-electron chi connectivity index (χ2n) is 3.71. The van der Waals surface area contributed by atoms with Crippen molar-refractivity contribution in [3.05, 3.63) is 0 Å². The Balaban J connectivity index is 2.16. The Kier molecular flexibility index (Phi) is 4.30. The maximum absolute atomic E-state index is 10.7. The van der Waals surface area contributed by atoms with Crippen LogP contribution in [0.1, 0.15) is 39.0 Å². The van der Waals surface area contributed by atoms with Crippen LogP contribution in [0.25, 0.3) is 0 Å². The number of carbonyl (C=O) groups excluding carboxylic acids is 1. The monoisotopic (exact) mass is 169 g/mol. The summed E-state index contributed by atoms with van der Waals surface area (Å²) >= 11 is 0. The molecule has 0 aromatic carbocycles. The van der Waals surface area contributed by atoms with Gasteiger partial charge in [-0.15, -0.1) is 0 Å². The largest absolute Gasteiger partial charge is 0.303 e. The highest BCUT2D eigenvalue weighted by atomic mass is 16.1. The van der Waals surface area contributed by atoms with Gasteiger partial charge in [0, 0.05) is 13.0 Å². The van der Waals surface area contributed by atoms with E-state index in [-0.39, 0.29) is 0 Å². The number of likely N-dealkylation sites (tertiary alicyclic amines) is 1. The van der Waals surface area contributed by atoms with Gasteiger partial charge in [-0.2, -0.15) is 0 Å². The molecule has 1 heterocycles. The van der Waals surface area contributed by atoms with Crippen LogP contribution in [0.3, 0.4) is 0 Å². The zero-order chi connectivity index (χ0) is 8.81. The molecule has 0 radical (unpaired) electrons. The van der Waals surface area contributed by atoms with Gasteiger partial charge in [0.15, 0.2) is 0 Å². The van der Waals surface area contributed by atoms with Gasteiger partial charge in [0.1, 0.15) is 5.78 Å². The molecule has 70 valence electrons. The second kappa shape index (κ2) is 5.31. The van der Waals surface area contributed by atoms with Crippen molar-refractivity contribution in [1.82, 2.24) is 4.90 Å². The average Bonchev–Trinajstić information content (AvgIpc) is 2.28. The molecule has 0 atom stereocenters. The highest BCUT2D eigenvalue weighted by Gasteiger charge is 2.08. The van der Waals surface area contributed by atoms with Crippen LogP contribution in [0.2, 0.25) is 0 Å². The number of ketones is 1. The standard InChI is InChI=1S/C10H19NO/c1-10(12)6-9-11-7-4-2-3-5-8-11/h2-9H2,1H3. The van der Waals surface area contributed by atoms with Gasteiger partial charge in [0.25, 0.3) is 0 Å². The SMILES string of the molecule is CC(=O)CCN1CCCCCC1. The van der Waals surface area contributed by atoms with Gasteiger partial charge in [-0.25, -0.2) is 0 Å². The Hall–Kier alpha value is -0.370. The van der Waals surface area contributed by atoms with E-state index < -0.39 is 0 Å². The molecule has 0 saturated carbocycles. The van der Waals surface area contributed by atoms with E-state index in [1.807, 2.05) is 0 Å². The summed E-state index contributed by atoms with van der Waals surface area (Å²) in [5.41, 5.74) is 0. The van der Waals surface area contributed by atoms with Crippen LogP contribution in [-0.2, 0) is 4.79 Å². The summed E-state index contributed by atoms with van der Waals surface area (Å²) in [7, 11) is 0. The van der Waals surface area contributed by atoms with Crippen molar-refractivity contribution in [2.24, 2.45) is 0 Å². The third-order valence-corrected chi connectivity index (χ3v) is 2.48. The van der Waals surface area contributed by atoms with E-state index >= 15 is 0 Å². The van der Waals surface area contributed by atoms with E-state index in [2.05, 4.69) is 4.90 Å². The molecular weight excluding hydrogens is 150 g/mol. The molecule has 0 spiro atoms. The molecule has 1 fully saturated rings. The molecule has 1 aliphatic rings. The van der Waals surface area contributed by atoms with E-state index in [4.69, 9.17) is 0 Å². The molecule has 0 aliphatic carbocycles. The lowest BCUT2D eigenvalue weighted by molar-refractivity contribution is -0.117. The molecule has 12 heavy (non-hydrogen) atoms. The summed E-state index contributed by atoms with van der Waals surface area (Å²) in [6, 6.07) is 0. The average molecular weight is 169 g/mol.